The minimum atomic E-state index is 0.848. The van der Waals surface area contributed by atoms with Crippen LogP contribution < -0.4 is 4.90 Å². The smallest absolute Gasteiger partial charge is 0.159 e. The second-order valence-corrected chi connectivity index (χ2v) is 14.5. The number of furan rings is 2. The molecule has 0 aliphatic rings. The molecule has 12 rings (SSSR count). The molecule has 262 valence electrons. The third kappa shape index (κ3) is 4.53. The molecule has 0 aliphatic heterocycles. The molecule has 9 aromatic carbocycles. The highest BCUT2D eigenvalue weighted by Crippen LogP contribution is 2.45. The van der Waals surface area contributed by atoms with Gasteiger partial charge in [0.2, 0.25) is 0 Å². The van der Waals surface area contributed by atoms with E-state index in [1.54, 1.807) is 0 Å². The van der Waals surface area contributed by atoms with Crippen molar-refractivity contribution < 1.29 is 8.83 Å². The SMILES string of the molecule is c1cc(-c2cccc3oc4c5ccccc5ccc4c23)cc(N(c2ccc(-n3c4ccccc4c4ccccc43)cc2)c2cccc3c2oc2ccccc23)c1. The van der Waals surface area contributed by atoms with E-state index in [1.165, 1.54) is 27.2 Å². The van der Waals surface area contributed by atoms with E-state index in [9.17, 15) is 0 Å². The van der Waals surface area contributed by atoms with Crippen LogP contribution in [0.3, 0.4) is 0 Å². The molecule has 0 amide bonds. The molecule has 12 aromatic rings. The Kier molecular flexibility index (Phi) is 6.60. The van der Waals surface area contributed by atoms with Gasteiger partial charge in [0.05, 0.1) is 16.7 Å². The van der Waals surface area contributed by atoms with Gasteiger partial charge in [-0.3, -0.25) is 0 Å². The third-order valence-corrected chi connectivity index (χ3v) is 11.4. The monoisotopic (exact) mass is 716 g/mol. The van der Waals surface area contributed by atoms with E-state index in [0.29, 0.717) is 0 Å². The molecule has 0 saturated carbocycles. The van der Waals surface area contributed by atoms with Crippen LogP contribution in [-0.2, 0) is 0 Å². The fourth-order valence-corrected chi connectivity index (χ4v) is 8.89. The van der Waals surface area contributed by atoms with Crippen molar-refractivity contribution in [1.82, 2.24) is 4.57 Å². The van der Waals surface area contributed by atoms with Crippen molar-refractivity contribution in [2.24, 2.45) is 0 Å². The number of nitrogens with zero attached hydrogens (tertiary/aromatic N) is 2. The molecule has 0 fully saturated rings. The van der Waals surface area contributed by atoms with Gasteiger partial charge < -0.3 is 18.3 Å². The third-order valence-electron chi connectivity index (χ3n) is 11.4. The molecule has 0 saturated heterocycles. The van der Waals surface area contributed by atoms with Crippen molar-refractivity contribution in [1.29, 1.82) is 0 Å². The summed E-state index contributed by atoms with van der Waals surface area (Å²) < 4.78 is 15.6. The van der Waals surface area contributed by atoms with Crippen LogP contribution in [0, 0.1) is 0 Å². The van der Waals surface area contributed by atoms with Gasteiger partial charge in [-0.25, -0.2) is 0 Å². The predicted molar refractivity (Wildman–Crippen MR) is 233 cm³/mol. The summed E-state index contributed by atoms with van der Waals surface area (Å²) in [5.41, 5.74) is 12.2. The molecule has 56 heavy (non-hydrogen) atoms. The predicted octanol–water partition coefficient (Wildman–Crippen LogP) is 14.9. The summed E-state index contributed by atoms with van der Waals surface area (Å²) in [5, 5.41) is 9.20. The fraction of sp³-hybridized carbons (Fsp3) is 0. The number of para-hydroxylation sites is 4. The molecule has 0 spiro atoms. The van der Waals surface area contributed by atoms with Crippen molar-refractivity contribution in [3.8, 4) is 16.8 Å². The van der Waals surface area contributed by atoms with Crippen molar-refractivity contribution in [2.75, 3.05) is 4.90 Å². The molecule has 0 bridgehead atoms. The van der Waals surface area contributed by atoms with E-state index < -0.39 is 0 Å². The quantitative estimate of drug-likeness (QED) is 0.178. The fourth-order valence-electron chi connectivity index (χ4n) is 8.89. The Labute approximate surface area is 321 Å². The summed E-state index contributed by atoms with van der Waals surface area (Å²) in [6.45, 7) is 0. The van der Waals surface area contributed by atoms with Crippen LogP contribution in [0.25, 0.3) is 93.3 Å². The lowest BCUT2D eigenvalue weighted by atomic mass is 9.97. The van der Waals surface area contributed by atoms with Gasteiger partial charge in [0.15, 0.2) is 5.58 Å². The van der Waals surface area contributed by atoms with Crippen molar-refractivity contribution in [2.45, 2.75) is 0 Å². The Morgan fingerprint density at radius 2 is 1.04 bits per heavy atom. The largest absolute Gasteiger partial charge is 0.455 e. The van der Waals surface area contributed by atoms with Gasteiger partial charge in [0.25, 0.3) is 0 Å². The van der Waals surface area contributed by atoms with Crippen LogP contribution in [0.2, 0.25) is 0 Å². The van der Waals surface area contributed by atoms with Gasteiger partial charge in [-0.05, 0) is 89.3 Å². The summed E-state index contributed by atoms with van der Waals surface area (Å²) in [6, 6.07) is 68.9. The Bertz CT molecular complexity index is 3440. The van der Waals surface area contributed by atoms with Gasteiger partial charge in [-0.1, -0.05) is 121 Å². The summed E-state index contributed by atoms with van der Waals surface area (Å²) in [6.07, 6.45) is 0. The Morgan fingerprint density at radius 3 is 1.86 bits per heavy atom. The highest BCUT2D eigenvalue weighted by molar-refractivity contribution is 6.19. The zero-order chi connectivity index (χ0) is 36.7. The van der Waals surface area contributed by atoms with Gasteiger partial charge in [-0.2, -0.15) is 0 Å². The first-order valence-corrected chi connectivity index (χ1v) is 19.0. The minimum absolute atomic E-state index is 0.848. The van der Waals surface area contributed by atoms with Gasteiger partial charge in [0.1, 0.15) is 16.7 Å². The number of rotatable bonds is 5. The highest BCUT2D eigenvalue weighted by atomic mass is 16.3. The van der Waals surface area contributed by atoms with Crippen LogP contribution in [0.4, 0.5) is 17.1 Å². The van der Waals surface area contributed by atoms with E-state index in [-0.39, 0.29) is 0 Å². The maximum absolute atomic E-state index is 6.67. The van der Waals surface area contributed by atoms with E-state index >= 15 is 0 Å². The van der Waals surface area contributed by atoms with E-state index in [4.69, 9.17) is 8.83 Å². The number of fused-ring (bicyclic) bond motifs is 11. The molecule has 3 aromatic heterocycles. The molecule has 0 atom stereocenters. The zero-order valence-corrected chi connectivity index (χ0v) is 30.2. The summed E-state index contributed by atoms with van der Waals surface area (Å²) >= 11 is 0. The number of anilines is 3. The molecular formula is C52H32N2O2. The first-order chi connectivity index (χ1) is 27.8. The molecule has 0 N–H and O–H groups in total. The Hall–Kier alpha value is -7.56. The van der Waals surface area contributed by atoms with Gasteiger partial charge in [0, 0.05) is 54.8 Å². The summed E-state index contributed by atoms with van der Waals surface area (Å²) in [4.78, 5) is 2.32. The van der Waals surface area contributed by atoms with Crippen molar-refractivity contribution in [3.05, 3.63) is 194 Å². The Morgan fingerprint density at radius 1 is 0.393 bits per heavy atom. The second kappa shape index (κ2) is 12.0. The maximum Gasteiger partial charge on any atom is 0.159 e. The van der Waals surface area contributed by atoms with Crippen LogP contribution >= 0.6 is 0 Å². The van der Waals surface area contributed by atoms with Crippen LogP contribution in [-0.4, -0.2) is 4.57 Å². The molecule has 0 aliphatic carbocycles. The van der Waals surface area contributed by atoms with Crippen LogP contribution in [0.15, 0.2) is 203 Å². The van der Waals surface area contributed by atoms with Crippen LogP contribution in [0.5, 0.6) is 0 Å². The van der Waals surface area contributed by atoms with Gasteiger partial charge >= 0.3 is 0 Å². The molecule has 3 heterocycles. The summed E-state index contributed by atoms with van der Waals surface area (Å²) in [5.74, 6) is 0. The number of aromatic nitrogens is 1. The van der Waals surface area contributed by atoms with Crippen LogP contribution in [0.1, 0.15) is 0 Å². The normalized spacial score (nSPS) is 11.9. The zero-order valence-electron chi connectivity index (χ0n) is 30.2. The van der Waals surface area contributed by atoms with E-state index in [2.05, 4.69) is 191 Å². The standard InChI is InChI=1S/C52H32N2O2/c1-2-15-39-33(12-1)26-31-44-50-38(19-11-25-49(50)56-51(39)44)34-13-9-14-37(32-34)53(47-23-10-20-43-42-18-5-8-24-48(42)55-52(43)47)35-27-29-36(30-28-35)54-45-21-6-3-16-40(45)41-17-4-7-22-46(41)54/h1-32H. The van der Waals surface area contributed by atoms with Gasteiger partial charge in [-0.15, -0.1) is 0 Å². The van der Waals surface area contributed by atoms with Crippen molar-refractivity contribution >= 4 is 93.5 Å². The number of hydrogen-bond donors (Lipinski definition) is 0. The lowest BCUT2D eigenvalue weighted by Crippen LogP contribution is -2.10. The first kappa shape index (κ1) is 30.9. The number of hydrogen-bond acceptors (Lipinski definition) is 3. The molecule has 0 radical (unpaired) electrons. The average molecular weight is 717 g/mol. The Balaban J connectivity index is 1.06. The second-order valence-electron chi connectivity index (χ2n) is 14.5. The molecule has 4 nitrogen and oxygen atoms in total. The average Bonchev–Trinajstić information content (AvgIpc) is 3.95. The lowest BCUT2D eigenvalue weighted by molar-refractivity contribution is 0.669. The molecular weight excluding hydrogens is 685 g/mol. The number of benzene rings is 9. The van der Waals surface area contributed by atoms with E-state index in [0.717, 1.165) is 83.1 Å². The first-order valence-electron chi connectivity index (χ1n) is 19.0. The van der Waals surface area contributed by atoms with Crippen molar-refractivity contribution in [3.63, 3.8) is 0 Å². The summed E-state index contributed by atoms with van der Waals surface area (Å²) in [7, 11) is 0. The van der Waals surface area contributed by atoms with E-state index in [1.807, 2.05) is 12.1 Å². The molecule has 4 heteroatoms. The maximum atomic E-state index is 6.67. The minimum Gasteiger partial charge on any atom is -0.455 e. The topological polar surface area (TPSA) is 34.5 Å². The highest BCUT2D eigenvalue weighted by Gasteiger charge is 2.22. The lowest BCUT2D eigenvalue weighted by Gasteiger charge is -2.26. The molecule has 0 unspecified atom stereocenters.